The third kappa shape index (κ3) is 4.29. The average molecular weight is 668 g/mol. The van der Waals surface area contributed by atoms with Crippen molar-refractivity contribution in [2.75, 3.05) is 0 Å². The molecule has 0 fully saturated rings. The fourth-order valence-corrected chi connectivity index (χ4v) is 9.45. The van der Waals surface area contributed by atoms with Crippen LogP contribution in [-0.4, -0.2) is 4.57 Å². The molecule has 0 bridgehead atoms. The number of hydrogen-bond donors (Lipinski definition) is 0. The highest BCUT2D eigenvalue weighted by atomic mass is 32.1. The van der Waals surface area contributed by atoms with Crippen molar-refractivity contribution in [1.29, 1.82) is 0 Å². The second-order valence-electron chi connectivity index (χ2n) is 13.2. The van der Waals surface area contributed by atoms with Crippen molar-refractivity contribution in [3.63, 3.8) is 0 Å². The summed E-state index contributed by atoms with van der Waals surface area (Å²) in [5.74, 6) is 0. The van der Waals surface area contributed by atoms with Crippen molar-refractivity contribution < 1.29 is 4.42 Å². The highest BCUT2D eigenvalue weighted by Crippen LogP contribution is 2.48. The summed E-state index contributed by atoms with van der Waals surface area (Å²) in [6.45, 7) is 0. The zero-order valence-corrected chi connectivity index (χ0v) is 28.3. The number of rotatable bonds is 4. The third-order valence-electron chi connectivity index (χ3n) is 10.4. The van der Waals surface area contributed by atoms with E-state index in [1.165, 1.54) is 81.0 Å². The molecule has 51 heavy (non-hydrogen) atoms. The molecule has 8 aromatic carbocycles. The van der Waals surface area contributed by atoms with E-state index < -0.39 is 0 Å². The van der Waals surface area contributed by atoms with E-state index in [0.29, 0.717) is 0 Å². The van der Waals surface area contributed by atoms with Gasteiger partial charge in [-0.3, -0.25) is 0 Å². The lowest BCUT2D eigenvalue weighted by Gasteiger charge is -2.11. The highest BCUT2D eigenvalue weighted by molar-refractivity contribution is 7.27. The van der Waals surface area contributed by atoms with Crippen molar-refractivity contribution in [2.24, 2.45) is 0 Å². The molecule has 2 nitrogen and oxygen atoms in total. The number of para-hydroxylation sites is 2. The normalized spacial score (nSPS) is 11.9. The van der Waals surface area contributed by atoms with Crippen molar-refractivity contribution >= 4 is 75.3 Å². The zero-order chi connectivity index (χ0) is 33.5. The highest BCUT2D eigenvalue weighted by Gasteiger charge is 2.21. The quantitative estimate of drug-likeness (QED) is 0.183. The van der Waals surface area contributed by atoms with Gasteiger partial charge in [0.15, 0.2) is 0 Å². The van der Waals surface area contributed by atoms with E-state index in [0.717, 1.165) is 21.9 Å². The Morgan fingerprint density at radius 2 is 1.04 bits per heavy atom. The van der Waals surface area contributed by atoms with Crippen LogP contribution < -0.4 is 0 Å². The molecule has 0 atom stereocenters. The van der Waals surface area contributed by atoms with Gasteiger partial charge < -0.3 is 8.98 Å². The maximum Gasteiger partial charge on any atom is 0.135 e. The van der Waals surface area contributed by atoms with Gasteiger partial charge in [-0.25, -0.2) is 0 Å². The Balaban J connectivity index is 1.23. The van der Waals surface area contributed by atoms with Crippen LogP contribution in [0, 0.1) is 0 Å². The lowest BCUT2D eigenvalue weighted by atomic mass is 9.94. The van der Waals surface area contributed by atoms with Gasteiger partial charge in [0.1, 0.15) is 11.2 Å². The van der Waals surface area contributed by atoms with Crippen molar-refractivity contribution in [3.05, 3.63) is 176 Å². The summed E-state index contributed by atoms with van der Waals surface area (Å²) < 4.78 is 11.3. The number of thiophene rings is 1. The average Bonchev–Trinajstić information content (AvgIpc) is 3.88. The molecule has 0 saturated carbocycles. The largest absolute Gasteiger partial charge is 0.456 e. The van der Waals surface area contributed by atoms with Gasteiger partial charge in [0.05, 0.1) is 21.4 Å². The first-order valence-electron chi connectivity index (χ1n) is 17.3. The molecule has 0 unspecified atom stereocenters. The number of benzene rings is 8. The molecule has 0 aliphatic heterocycles. The molecule has 11 aromatic rings. The first kappa shape index (κ1) is 28.4. The summed E-state index contributed by atoms with van der Waals surface area (Å²) in [5, 5.41) is 7.36. The molecule has 0 radical (unpaired) electrons. The van der Waals surface area contributed by atoms with Crippen molar-refractivity contribution in [3.8, 4) is 39.1 Å². The molecule has 3 aromatic heterocycles. The fraction of sp³-hybridized carbons (Fsp3) is 0. The minimum absolute atomic E-state index is 0.913. The Kier molecular flexibility index (Phi) is 6.16. The molecule has 0 aliphatic rings. The molecular weight excluding hydrogens is 639 g/mol. The lowest BCUT2D eigenvalue weighted by molar-refractivity contribution is 0.669. The van der Waals surface area contributed by atoms with Gasteiger partial charge in [-0.15, -0.1) is 11.3 Å². The standard InChI is InChI=1S/C48H29NOS/c1-3-12-30(13-4-1)32-22-24-37-36-16-7-9-19-41(36)49(43(37)29-32)42-20-11-18-39-46-34(25-26-35(48(46)51-47(39)42)31-14-5-2-6-15-31)33-23-27-45-40(28-33)38-17-8-10-21-44(38)50-45/h1-29H. The molecule has 0 aliphatic carbocycles. The minimum Gasteiger partial charge on any atom is -0.456 e. The Hall–Kier alpha value is -6.42. The molecule has 3 heteroatoms. The third-order valence-corrected chi connectivity index (χ3v) is 11.7. The summed E-state index contributed by atoms with van der Waals surface area (Å²) in [5.41, 5.74) is 12.8. The smallest absolute Gasteiger partial charge is 0.135 e. The van der Waals surface area contributed by atoms with Crippen LogP contribution in [0.15, 0.2) is 180 Å². The molecule has 0 spiro atoms. The number of furan rings is 1. The van der Waals surface area contributed by atoms with E-state index in [4.69, 9.17) is 4.42 Å². The lowest BCUT2D eigenvalue weighted by Crippen LogP contribution is -1.94. The molecule has 0 N–H and O–H groups in total. The van der Waals surface area contributed by atoms with Crippen LogP contribution in [0.3, 0.4) is 0 Å². The van der Waals surface area contributed by atoms with Gasteiger partial charge in [0.2, 0.25) is 0 Å². The second-order valence-corrected chi connectivity index (χ2v) is 14.3. The van der Waals surface area contributed by atoms with Gasteiger partial charge in [0, 0.05) is 37.0 Å². The van der Waals surface area contributed by atoms with Crippen LogP contribution >= 0.6 is 11.3 Å². The molecule has 238 valence electrons. The molecular formula is C48H29NOS. The summed E-state index contributed by atoms with van der Waals surface area (Å²) in [4.78, 5) is 0. The van der Waals surface area contributed by atoms with Gasteiger partial charge in [-0.05, 0) is 69.8 Å². The van der Waals surface area contributed by atoms with Crippen LogP contribution in [0.25, 0.3) is 103 Å². The van der Waals surface area contributed by atoms with Crippen LogP contribution in [-0.2, 0) is 0 Å². The van der Waals surface area contributed by atoms with E-state index in [1.54, 1.807) is 0 Å². The molecule has 3 heterocycles. The number of nitrogens with zero attached hydrogens (tertiary/aromatic N) is 1. The second kappa shape index (κ2) is 11.0. The summed E-state index contributed by atoms with van der Waals surface area (Å²) in [6.07, 6.45) is 0. The fourth-order valence-electron chi connectivity index (χ4n) is 8.08. The predicted octanol–water partition coefficient (Wildman–Crippen LogP) is 14.1. The Labute approximate surface area is 298 Å². The Bertz CT molecular complexity index is 3130. The van der Waals surface area contributed by atoms with Crippen LogP contribution in [0.4, 0.5) is 0 Å². The summed E-state index contributed by atoms with van der Waals surface area (Å²) >= 11 is 1.90. The predicted molar refractivity (Wildman–Crippen MR) is 217 cm³/mol. The van der Waals surface area contributed by atoms with Crippen LogP contribution in [0.1, 0.15) is 0 Å². The minimum atomic E-state index is 0.913. The van der Waals surface area contributed by atoms with E-state index in [-0.39, 0.29) is 0 Å². The first-order valence-corrected chi connectivity index (χ1v) is 18.2. The van der Waals surface area contributed by atoms with Gasteiger partial charge in [-0.1, -0.05) is 140 Å². The topological polar surface area (TPSA) is 18.1 Å². The SMILES string of the molecule is c1ccc(-c2ccc3c4ccccc4n(-c4cccc5c4sc4c(-c6ccccc6)ccc(-c6ccc7oc8ccccc8c7c6)c45)c3c2)cc1. The molecule has 11 rings (SSSR count). The Morgan fingerprint density at radius 1 is 0.373 bits per heavy atom. The number of aromatic nitrogens is 1. The maximum atomic E-state index is 6.23. The van der Waals surface area contributed by atoms with E-state index in [9.17, 15) is 0 Å². The summed E-state index contributed by atoms with van der Waals surface area (Å²) in [6, 6.07) is 63.7. The van der Waals surface area contributed by atoms with E-state index >= 15 is 0 Å². The van der Waals surface area contributed by atoms with Gasteiger partial charge >= 0.3 is 0 Å². The zero-order valence-electron chi connectivity index (χ0n) is 27.5. The number of hydrogen-bond acceptors (Lipinski definition) is 2. The first-order chi connectivity index (χ1) is 25.3. The van der Waals surface area contributed by atoms with Crippen molar-refractivity contribution in [1.82, 2.24) is 4.57 Å². The Morgan fingerprint density at radius 3 is 1.90 bits per heavy atom. The van der Waals surface area contributed by atoms with Gasteiger partial charge in [-0.2, -0.15) is 0 Å². The van der Waals surface area contributed by atoms with E-state index in [1.807, 2.05) is 23.5 Å². The monoisotopic (exact) mass is 667 g/mol. The number of fused-ring (bicyclic) bond motifs is 9. The molecule has 0 amide bonds. The van der Waals surface area contributed by atoms with Crippen molar-refractivity contribution in [2.45, 2.75) is 0 Å². The van der Waals surface area contributed by atoms with Gasteiger partial charge in [0.25, 0.3) is 0 Å². The van der Waals surface area contributed by atoms with E-state index in [2.05, 4.69) is 168 Å². The van der Waals surface area contributed by atoms with Crippen LogP contribution in [0.2, 0.25) is 0 Å². The van der Waals surface area contributed by atoms with Crippen LogP contribution in [0.5, 0.6) is 0 Å². The molecule has 0 saturated heterocycles. The maximum absolute atomic E-state index is 6.23. The summed E-state index contributed by atoms with van der Waals surface area (Å²) in [7, 11) is 0.